The number of nitrogens with one attached hydrogen (secondary N) is 1. The van der Waals surface area contributed by atoms with E-state index in [9.17, 15) is 4.79 Å². The number of hydrogen-bond acceptors (Lipinski definition) is 4. The van der Waals surface area contributed by atoms with Gasteiger partial charge >= 0.3 is 4.87 Å². The molecule has 1 rings (SSSR count). The number of methoxy groups -OCH3 is 1. The summed E-state index contributed by atoms with van der Waals surface area (Å²) in [6.45, 7) is 0.406. The molecule has 5 heteroatoms. The third-order valence-corrected chi connectivity index (χ3v) is 1.47. The summed E-state index contributed by atoms with van der Waals surface area (Å²) >= 11 is 1.07. The number of aromatic amines is 1. The third-order valence-electron chi connectivity index (χ3n) is 0.750. The Balaban J connectivity index is 2.73. The van der Waals surface area contributed by atoms with E-state index < -0.39 is 0 Å². The Morgan fingerprint density at radius 3 is 3.11 bits per heavy atom. The van der Waals surface area contributed by atoms with Gasteiger partial charge in [-0.05, 0) is 0 Å². The monoisotopic (exact) mass is 146 g/mol. The minimum absolute atomic E-state index is 0.137. The van der Waals surface area contributed by atoms with E-state index in [2.05, 4.69) is 10.2 Å². The van der Waals surface area contributed by atoms with Gasteiger partial charge in [0.2, 0.25) is 0 Å². The van der Waals surface area contributed by atoms with E-state index in [0.29, 0.717) is 11.6 Å². The Morgan fingerprint density at radius 2 is 2.67 bits per heavy atom. The summed E-state index contributed by atoms with van der Waals surface area (Å²) in [6, 6.07) is 0. The molecule has 1 N–H and O–H groups in total. The fourth-order valence-corrected chi connectivity index (χ4v) is 1.02. The van der Waals surface area contributed by atoms with Crippen LogP contribution in [0, 0.1) is 0 Å². The maximum atomic E-state index is 10.4. The van der Waals surface area contributed by atoms with Crippen LogP contribution in [0.1, 0.15) is 5.01 Å². The second-order valence-electron chi connectivity index (χ2n) is 1.44. The van der Waals surface area contributed by atoms with Crippen LogP contribution in [0.2, 0.25) is 0 Å². The standard InChI is InChI=1S/C4H6N2O2S/c1-8-2-3-5-6-4(7)9-3/h2H2,1H3,(H,6,7). The molecule has 0 unspecified atom stereocenters. The van der Waals surface area contributed by atoms with Crippen LogP contribution in [0.25, 0.3) is 0 Å². The highest BCUT2D eigenvalue weighted by atomic mass is 32.1. The van der Waals surface area contributed by atoms with Crippen LogP contribution in [-0.4, -0.2) is 17.3 Å². The predicted molar refractivity (Wildman–Crippen MR) is 33.4 cm³/mol. The van der Waals surface area contributed by atoms with Gasteiger partial charge in [0.15, 0.2) is 0 Å². The number of hydrogen-bond donors (Lipinski definition) is 1. The first kappa shape index (κ1) is 6.44. The largest absolute Gasteiger partial charge is 0.377 e. The molecule has 0 aliphatic carbocycles. The second kappa shape index (κ2) is 2.75. The van der Waals surface area contributed by atoms with Gasteiger partial charge in [0.1, 0.15) is 5.01 Å². The fourth-order valence-electron chi connectivity index (χ4n) is 0.446. The van der Waals surface area contributed by atoms with Gasteiger partial charge in [0.25, 0.3) is 0 Å². The lowest BCUT2D eigenvalue weighted by atomic mass is 10.8. The summed E-state index contributed by atoms with van der Waals surface area (Å²) in [7, 11) is 1.56. The normalized spacial score (nSPS) is 9.89. The van der Waals surface area contributed by atoms with E-state index >= 15 is 0 Å². The van der Waals surface area contributed by atoms with Gasteiger partial charge < -0.3 is 4.74 Å². The number of aromatic nitrogens is 2. The average Bonchev–Trinajstić information content (AvgIpc) is 2.17. The molecular formula is C4H6N2O2S. The Hall–Kier alpha value is -0.680. The molecule has 0 saturated carbocycles. The molecule has 9 heavy (non-hydrogen) atoms. The van der Waals surface area contributed by atoms with Crippen molar-refractivity contribution in [1.29, 1.82) is 0 Å². The summed E-state index contributed by atoms with van der Waals surface area (Å²) in [5, 5.41) is 6.63. The summed E-state index contributed by atoms with van der Waals surface area (Å²) in [5.41, 5.74) is 0. The molecule has 0 spiro atoms. The van der Waals surface area contributed by atoms with Gasteiger partial charge in [0.05, 0.1) is 6.61 Å². The predicted octanol–water partition coefficient (Wildman–Crippen LogP) is -0.0222. The molecule has 1 aromatic rings. The van der Waals surface area contributed by atoms with Crippen LogP contribution in [0.5, 0.6) is 0 Å². The van der Waals surface area contributed by atoms with Crippen molar-refractivity contribution >= 4 is 11.3 Å². The molecule has 0 fully saturated rings. The minimum Gasteiger partial charge on any atom is -0.377 e. The molecule has 1 heterocycles. The highest BCUT2D eigenvalue weighted by Gasteiger charge is 1.95. The first-order valence-corrected chi connectivity index (χ1v) is 3.18. The lowest BCUT2D eigenvalue weighted by Crippen LogP contribution is -1.90. The molecule has 0 aliphatic rings. The van der Waals surface area contributed by atoms with E-state index in [4.69, 9.17) is 4.74 Å². The van der Waals surface area contributed by atoms with Crippen molar-refractivity contribution in [2.45, 2.75) is 6.61 Å². The minimum atomic E-state index is -0.137. The Labute approximate surface area is 55.5 Å². The van der Waals surface area contributed by atoms with Gasteiger partial charge in [-0.1, -0.05) is 11.3 Å². The van der Waals surface area contributed by atoms with Crippen molar-refractivity contribution in [3.8, 4) is 0 Å². The lowest BCUT2D eigenvalue weighted by molar-refractivity contribution is 0.184. The van der Waals surface area contributed by atoms with Gasteiger partial charge in [-0.2, -0.15) is 5.10 Å². The van der Waals surface area contributed by atoms with Crippen molar-refractivity contribution in [1.82, 2.24) is 10.2 Å². The first-order chi connectivity index (χ1) is 4.33. The summed E-state index contributed by atoms with van der Waals surface area (Å²) in [5.74, 6) is 0. The number of H-pyrrole nitrogens is 1. The zero-order valence-corrected chi connectivity index (χ0v) is 5.70. The fraction of sp³-hybridized carbons (Fsp3) is 0.500. The van der Waals surface area contributed by atoms with Gasteiger partial charge in [0, 0.05) is 7.11 Å². The van der Waals surface area contributed by atoms with E-state index in [0.717, 1.165) is 11.3 Å². The molecule has 0 aliphatic heterocycles. The topological polar surface area (TPSA) is 55.0 Å². The molecule has 0 bridgehead atoms. The van der Waals surface area contributed by atoms with Crippen molar-refractivity contribution in [2.75, 3.05) is 7.11 Å². The molecule has 0 amide bonds. The number of nitrogens with zero attached hydrogens (tertiary/aromatic N) is 1. The first-order valence-electron chi connectivity index (χ1n) is 2.36. The van der Waals surface area contributed by atoms with Gasteiger partial charge in [-0.25, -0.2) is 5.10 Å². The third kappa shape index (κ3) is 1.62. The summed E-state index contributed by atoms with van der Waals surface area (Å²) in [4.78, 5) is 10.3. The van der Waals surface area contributed by atoms with E-state index in [-0.39, 0.29) is 4.87 Å². The lowest BCUT2D eigenvalue weighted by Gasteiger charge is -1.86. The van der Waals surface area contributed by atoms with Crippen LogP contribution >= 0.6 is 11.3 Å². The van der Waals surface area contributed by atoms with Crippen molar-refractivity contribution < 1.29 is 4.74 Å². The SMILES string of the molecule is COCc1n[nH]c(=O)s1. The number of ether oxygens (including phenoxy) is 1. The van der Waals surface area contributed by atoms with Crippen molar-refractivity contribution in [3.05, 3.63) is 14.7 Å². The zero-order chi connectivity index (χ0) is 6.69. The Kier molecular flexibility index (Phi) is 1.96. The van der Waals surface area contributed by atoms with Crippen molar-refractivity contribution in [3.63, 3.8) is 0 Å². The molecule has 4 nitrogen and oxygen atoms in total. The van der Waals surface area contributed by atoms with Crippen LogP contribution in [0.15, 0.2) is 4.79 Å². The molecule has 0 aromatic carbocycles. The molecule has 0 saturated heterocycles. The Morgan fingerprint density at radius 1 is 1.89 bits per heavy atom. The molecule has 1 aromatic heterocycles. The van der Waals surface area contributed by atoms with Crippen LogP contribution in [0.3, 0.4) is 0 Å². The highest BCUT2D eigenvalue weighted by molar-refractivity contribution is 7.08. The highest BCUT2D eigenvalue weighted by Crippen LogP contribution is 1.95. The van der Waals surface area contributed by atoms with E-state index in [1.54, 1.807) is 7.11 Å². The summed E-state index contributed by atoms with van der Waals surface area (Å²) < 4.78 is 4.73. The van der Waals surface area contributed by atoms with Crippen LogP contribution in [-0.2, 0) is 11.3 Å². The van der Waals surface area contributed by atoms with E-state index in [1.165, 1.54) is 0 Å². The second-order valence-corrected chi connectivity index (χ2v) is 2.49. The molecule has 0 atom stereocenters. The average molecular weight is 146 g/mol. The van der Waals surface area contributed by atoms with Crippen LogP contribution in [0.4, 0.5) is 0 Å². The zero-order valence-electron chi connectivity index (χ0n) is 4.88. The Bertz CT molecular complexity index is 228. The van der Waals surface area contributed by atoms with Gasteiger partial charge in [-0.3, -0.25) is 4.79 Å². The van der Waals surface area contributed by atoms with Crippen molar-refractivity contribution in [2.24, 2.45) is 0 Å². The van der Waals surface area contributed by atoms with E-state index in [1.807, 2.05) is 0 Å². The quantitative estimate of drug-likeness (QED) is 0.637. The maximum Gasteiger partial charge on any atom is 0.322 e. The maximum absolute atomic E-state index is 10.4. The molecular weight excluding hydrogens is 140 g/mol. The van der Waals surface area contributed by atoms with Gasteiger partial charge in [-0.15, -0.1) is 0 Å². The smallest absolute Gasteiger partial charge is 0.322 e. The molecule has 0 radical (unpaired) electrons. The molecule has 50 valence electrons. The summed E-state index contributed by atoms with van der Waals surface area (Å²) in [6.07, 6.45) is 0. The number of rotatable bonds is 2. The van der Waals surface area contributed by atoms with Crippen LogP contribution < -0.4 is 4.87 Å².